The number of nitrogens with zero attached hydrogens (tertiary/aromatic N) is 5. The zero-order valence-corrected chi connectivity index (χ0v) is 17.1. The highest BCUT2D eigenvalue weighted by Gasteiger charge is 2.16. The second-order valence-corrected chi connectivity index (χ2v) is 7.42. The Morgan fingerprint density at radius 3 is 2.69 bits per heavy atom. The molecule has 3 heterocycles. The van der Waals surface area contributed by atoms with Gasteiger partial charge >= 0.3 is 0 Å². The first-order valence-electron chi connectivity index (χ1n) is 10.3. The summed E-state index contributed by atoms with van der Waals surface area (Å²) in [5.74, 6) is 0.802. The number of fused-ring (bicyclic) bond motifs is 1. The normalized spacial score (nSPS) is 15.7. The molecule has 7 heteroatoms. The first-order chi connectivity index (χ1) is 14.2. The molecule has 1 aliphatic rings. The molecule has 0 atom stereocenters. The van der Waals surface area contributed by atoms with Gasteiger partial charge in [-0.25, -0.2) is 9.97 Å². The number of carbonyl (C=O) groups excluding carboxylic acids is 1. The van der Waals surface area contributed by atoms with Gasteiger partial charge in [0, 0.05) is 56.7 Å². The van der Waals surface area contributed by atoms with Gasteiger partial charge in [0.05, 0.1) is 0 Å². The second kappa shape index (κ2) is 8.71. The minimum Gasteiger partial charge on any atom is -0.351 e. The number of pyridine rings is 1. The van der Waals surface area contributed by atoms with Crippen molar-refractivity contribution in [2.75, 3.05) is 45.8 Å². The molecule has 0 spiro atoms. The highest BCUT2D eigenvalue weighted by molar-refractivity contribution is 5.94. The molecule has 1 fully saturated rings. The van der Waals surface area contributed by atoms with E-state index in [4.69, 9.17) is 0 Å². The minimum atomic E-state index is -0.0472. The lowest BCUT2D eigenvalue weighted by Gasteiger charge is -2.33. The molecule has 1 amide bonds. The maximum absolute atomic E-state index is 12.7. The Kier molecular flexibility index (Phi) is 5.87. The number of piperazine rings is 1. The van der Waals surface area contributed by atoms with E-state index in [-0.39, 0.29) is 5.91 Å². The number of hydrogen-bond donors (Lipinski definition) is 1. The predicted molar refractivity (Wildman–Crippen MR) is 114 cm³/mol. The smallest absolute Gasteiger partial charge is 0.251 e. The number of nitrogens with one attached hydrogen (secondary N) is 1. The van der Waals surface area contributed by atoms with Crippen molar-refractivity contribution in [3.05, 3.63) is 54.0 Å². The first kappa shape index (κ1) is 19.5. The average Bonchev–Trinajstić information content (AvgIpc) is 3.10. The molecular weight excluding hydrogens is 364 g/mol. The van der Waals surface area contributed by atoms with E-state index in [0.717, 1.165) is 61.9 Å². The molecule has 2 aromatic heterocycles. The Hall–Kier alpha value is -2.77. The van der Waals surface area contributed by atoms with Crippen LogP contribution in [0.3, 0.4) is 0 Å². The lowest BCUT2D eigenvalue weighted by molar-refractivity contribution is 0.0938. The van der Waals surface area contributed by atoms with Crippen molar-refractivity contribution in [2.45, 2.75) is 13.8 Å². The summed E-state index contributed by atoms with van der Waals surface area (Å²) in [5.41, 5.74) is 3.19. The van der Waals surface area contributed by atoms with Crippen LogP contribution in [0.25, 0.3) is 16.9 Å². The standard InChI is InChI=1S/C22H28N6O/c1-3-26-12-14-27(15-13-26)11-10-24-22(29)18-6-4-7-19(16-18)28-17(2)25-20-8-5-9-23-21(20)28/h4-9,16H,3,10-15H2,1-2H3,(H,24,29). The van der Waals surface area contributed by atoms with Crippen molar-refractivity contribution in [1.82, 2.24) is 29.7 Å². The summed E-state index contributed by atoms with van der Waals surface area (Å²) in [7, 11) is 0. The molecular formula is C22H28N6O. The van der Waals surface area contributed by atoms with Crippen LogP contribution >= 0.6 is 0 Å². The van der Waals surface area contributed by atoms with E-state index in [1.807, 2.05) is 47.9 Å². The number of carbonyl (C=O) groups is 1. The predicted octanol–water partition coefficient (Wildman–Crippen LogP) is 2.10. The fourth-order valence-corrected chi connectivity index (χ4v) is 3.88. The molecule has 1 aliphatic heterocycles. The van der Waals surface area contributed by atoms with Crippen molar-refractivity contribution in [3.63, 3.8) is 0 Å². The molecule has 152 valence electrons. The van der Waals surface area contributed by atoms with Crippen LogP contribution in [0.2, 0.25) is 0 Å². The molecule has 0 aliphatic carbocycles. The molecule has 4 rings (SSSR count). The molecule has 7 nitrogen and oxygen atoms in total. The molecule has 0 radical (unpaired) electrons. The van der Waals surface area contributed by atoms with Crippen LogP contribution in [0.4, 0.5) is 0 Å². The first-order valence-corrected chi connectivity index (χ1v) is 10.3. The monoisotopic (exact) mass is 392 g/mol. The van der Waals surface area contributed by atoms with E-state index >= 15 is 0 Å². The SMILES string of the molecule is CCN1CCN(CCNC(=O)c2cccc(-n3c(C)nc4cccnc43)c2)CC1. The largest absolute Gasteiger partial charge is 0.351 e. The van der Waals surface area contributed by atoms with Crippen molar-refractivity contribution < 1.29 is 4.79 Å². The molecule has 0 bridgehead atoms. The van der Waals surface area contributed by atoms with Gasteiger partial charge in [0.15, 0.2) is 5.65 Å². The Morgan fingerprint density at radius 2 is 1.90 bits per heavy atom. The molecule has 29 heavy (non-hydrogen) atoms. The Bertz CT molecular complexity index is 990. The van der Waals surface area contributed by atoms with Crippen LogP contribution in [0.15, 0.2) is 42.6 Å². The van der Waals surface area contributed by atoms with Crippen LogP contribution in [0, 0.1) is 6.92 Å². The Morgan fingerprint density at radius 1 is 1.10 bits per heavy atom. The van der Waals surface area contributed by atoms with Gasteiger partial charge in [-0.3, -0.25) is 14.3 Å². The topological polar surface area (TPSA) is 66.3 Å². The number of benzene rings is 1. The Balaban J connectivity index is 1.41. The van der Waals surface area contributed by atoms with Gasteiger partial charge in [-0.15, -0.1) is 0 Å². The lowest BCUT2D eigenvalue weighted by Crippen LogP contribution is -2.48. The van der Waals surface area contributed by atoms with Crippen molar-refractivity contribution in [3.8, 4) is 5.69 Å². The van der Waals surface area contributed by atoms with Crippen molar-refractivity contribution >= 4 is 17.1 Å². The van der Waals surface area contributed by atoms with Gasteiger partial charge in [0.1, 0.15) is 11.3 Å². The minimum absolute atomic E-state index is 0.0472. The van der Waals surface area contributed by atoms with E-state index in [2.05, 4.69) is 32.0 Å². The maximum atomic E-state index is 12.7. The number of amides is 1. The second-order valence-electron chi connectivity index (χ2n) is 7.42. The zero-order chi connectivity index (χ0) is 20.2. The summed E-state index contributed by atoms with van der Waals surface area (Å²) in [6.07, 6.45) is 1.76. The van der Waals surface area contributed by atoms with E-state index in [0.29, 0.717) is 12.1 Å². The van der Waals surface area contributed by atoms with E-state index < -0.39 is 0 Å². The van der Waals surface area contributed by atoms with Gasteiger partial charge in [0.2, 0.25) is 0 Å². The molecule has 1 aromatic carbocycles. The third kappa shape index (κ3) is 4.31. The van der Waals surface area contributed by atoms with Crippen LogP contribution < -0.4 is 5.32 Å². The highest BCUT2D eigenvalue weighted by Crippen LogP contribution is 2.20. The van der Waals surface area contributed by atoms with Gasteiger partial charge in [0.25, 0.3) is 5.91 Å². The van der Waals surface area contributed by atoms with E-state index in [1.165, 1.54) is 0 Å². The van der Waals surface area contributed by atoms with Crippen LogP contribution in [0.1, 0.15) is 23.1 Å². The molecule has 1 N–H and O–H groups in total. The van der Waals surface area contributed by atoms with Crippen molar-refractivity contribution in [1.29, 1.82) is 0 Å². The number of imidazole rings is 1. The number of aryl methyl sites for hydroxylation is 1. The van der Waals surface area contributed by atoms with Crippen molar-refractivity contribution in [2.24, 2.45) is 0 Å². The number of hydrogen-bond acceptors (Lipinski definition) is 5. The highest BCUT2D eigenvalue weighted by atomic mass is 16.1. The summed E-state index contributed by atoms with van der Waals surface area (Å²) in [5, 5.41) is 3.06. The van der Waals surface area contributed by atoms with Gasteiger partial charge in [-0.2, -0.15) is 0 Å². The van der Waals surface area contributed by atoms with Gasteiger partial charge < -0.3 is 10.2 Å². The molecule has 0 unspecified atom stereocenters. The number of rotatable bonds is 6. The van der Waals surface area contributed by atoms with E-state index in [1.54, 1.807) is 6.20 Å². The summed E-state index contributed by atoms with van der Waals surface area (Å²) in [6, 6.07) is 11.5. The average molecular weight is 393 g/mol. The summed E-state index contributed by atoms with van der Waals surface area (Å²) in [6.45, 7) is 11.2. The lowest BCUT2D eigenvalue weighted by atomic mass is 10.2. The molecule has 1 saturated heterocycles. The van der Waals surface area contributed by atoms with Gasteiger partial charge in [-0.05, 0) is 43.8 Å². The summed E-state index contributed by atoms with van der Waals surface area (Å²) >= 11 is 0. The third-order valence-corrected chi connectivity index (χ3v) is 5.58. The number of aromatic nitrogens is 3. The maximum Gasteiger partial charge on any atom is 0.251 e. The van der Waals surface area contributed by atoms with Crippen LogP contribution in [-0.2, 0) is 0 Å². The third-order valence-electron chi connectivity index (χ3n) is 5.58. The number of likely N-dealkylation sites (N-methyl/N-ethyl adjacent to an activating group) is 1. The summed E-state index contributed by atoms with van der Waals surface area (Å²) in [4.78, 5) is 26.6. The fourth-order valence-electron chi connectivity index (χ4n) is 3.88. The van der Waals surface area contributed by atoms with Gasteiger partial charge in [-0.1, -0.05) is 13.0 Å². The summed E-state index contributed by atoms with van der Waals surface area (Å²) < 4.78 is 1.99. The van der Waals surface area contributed by atoms with E-state index in [9.17, 15) is 4.79 Å². The van der Waals surface area contributed by atoms with Crippen LogP contribution in [-0.4, -0.2) is 76.1 Å². The fraction of sp³-hybridized carbons (Fsp3) is 0.409. The quantitative estimate of drug-likeness (QED) is 0.696. The zero-order valence-electron chi connectivity index (χ0n) is 17.1. The molecule has 3 aromatic rings. The Labute approximate surface area is 171 Å². The van der Waals surface area contributed by atoms with Crippen LogP contribution in [0.5, 0.6) is 0 Å². The molecule has 0 saturated carbocycles.